The van der Waals surface area contributed by atoms with Crippen LogP contribution in [0.25, 0.3) is 0 Å². The molecule has 19 heavy (non-hydrogen) atoms. The van der Waals surface area contributed by atoms with Gasteiger partial charge in [-0.05, 0) is 18.6 Å². The molecule has 0 unspecified atom stereocenters. The summed E-state index contributed by atoms with van der Waals surface area (Å²) in [6, 6.07) is 5.08. The van der Waals surface area contributed by atoms with Crippen molar-refractivity contribution in [3.63, 3.8) is 0 Å². The zero-order valence-electron chi connectivity index (χ0n) is 11.1. The van der Waals surface area contributed by atoms with Gasteiger partial charge < -0.3 is 5.32 Å². The molecule has 0 spiro atoms. The predicted octanol–water partition coefficient (Wildman–Crippen LogP) is 1.44. The van der Waals surface area contributed by atoms with Crippen LogP contribution >= 0.6 is 0 Å². The Balaban J connectivity index is 2.82. The van der Waals surface area contributed by atoms with Crippen molar-refractivity contribution in [2.45, 2.75) is 24.7 Å². The minimum atomic E-state index is -3.56. The van der Waals surface area contributed by atoms with E-state index in [2.05, 4.69) is 10.3 Å². The second-order valence-corrected chi connectivity index (χ2v) is 6.09. The van der Waals surface area contributed by atoms with E-state index in [0.29, 0.717) is 5.82 Å². The summed E-state index contributed by atoms with van der Waals surface area (Å²) in [6.07, 6.45) is 2.47. The fourth-order valence-electron chi connectivity index (χ4n) is 1.40. The van der Waals surface area contributed by atoms with Crippen molar-refractivity contribution in [3.05, 3.63) is 18.3 Å². The molecule has 1 N–H and O–H groups in total. The fraction of sp³-hybridized carbons (Fsp3) is 0.500. The molecule has 0 aliphatic rings. The van der Waals surface area contributed by atoms with Crippen LogP contribution in [0, 0.1) is 11.3 Å². The van der Waals surface area contributed by atoms with Crippen LogP contribution in [0.3, 0.4) is 0 Å². The first-order valence-corrected chi connectivity index (χ1v) is 7.49. The Morgan fingerprint density at radius 1 is 1.47 bits per heavy atom. The quantitative estimate of drug-likeness (QED) is 0.817. The standard InChI is InChI=1S/C12H18N4O2S/c1-3-8-14-12-6-5-11(10-15-12)19(17,18)16(2)9-4-7-13/h5-6,10H,3-4,8-9H2,1-2H3,(H,14,15). The molecule has 0 aliphatic heterocycles. The number of nitriles is 1. The summed E-state index contributed by atoms with van der Waals surface area (Å²) in [5.41, 5.74) is 0. The van der Waals surface area contributed by atoms with Gasteiger partial charge in [0.05, 0.1) is 6.07 Å². The highest BCUT2D eigenvalue weighted by Gasteiger charge is 2.20. The Kier molecular flexibility index (Phi) is 5.73. The Labute approximate surface area is 114 Å². The van der Waals surface area contributed by atoms with E-state index in [-0.39, 0.29) is 17.9 Å². The van der Waals surface area contributed by atoms with Gasteiger partial charge in [0.25, 0.3) is 0 Å². The van der Waals surface area contributed by atoms with Crippen LogP contribution < -0.4 is 5.32 Å². The maximum atomic E-state index is 12.1. The molecule has 6 nitrogen and oxygen atoms in total. The van der Waals surface area contributed by atoms with Crippen molar-refractivity contribution in [2.24, 2.45) is 0 Å². The molecule has 1 heterocycles. The van der Waals surface area contributed by atoms with Crippen molar-refractivity contribution < 1.29 is 8.42 Å². The molecule has 0 saturated carbocycles. The third-order valence-electron chi connectivity index (χ3n) is 2.54. The summed E-state index contributed by atoms with van der Waals surface area (Å²) in [7, 11) is -2.10. The first kappa shape index (κ1) is 15.4. The summed E-state index contributed by atoms with van der Waals surface area (Å²) < 4.78 is 25.4. The molecule has 0 bridgehead atoms. The van der Waals surface area contributed by atoms with Gasteiger partial charge in [-0.1, -0.05) is 6.92 Å². The second-order valence-electron chi connectivity index (χ2n) is 4.04. The van der Waals surface area contributed by atoms with Gasteiger partial charge in [0, 0.05) is 32.8 Å². The lowest BCUT2D eigenvalue weighted by atomic mass is 10.4. The predicted molar refractivity (Wildman–Crippen MR) is 73.1 cm³/mol. The largest absolute Gasteiger partial charge is 0.370 e. The number of nitrogens with zero attached hydrogens (tertiary/aromatic N) is 3. The molecule has 0 aromatic carbocycles. The van der Waals surface area contributed by atoms with Crippen LogP contribution in [-0.4, -0.2) is 37.8 Å². The van der Waals surface area contributed by atoms with Crippen molar-refractivity contribution in [1.29, 1.82) is 5.26 Å². The number of pyridine rings is 1. The first-order chi connectivity index (χ1) is 9.02. The number of aromatic nitrogens is 1. The van der Waals surface area contributed by atoms with Gasteiger partial charge in [0.2, 0.25) is 10.0 Å². The maximum absolute atomic E-state index is 12.1. The third kappa shape index (κ3) is 4.19. The average molecular weight is 282 g/mol. The molecule has 0 atom stereocenters. The lowest BCUT2D eigenvalue weighted by molar-refractivity contribution is 0.476. The summed E-state index contributed by atoms with van der Waals surface area (Å²) in [4.78, 5) is 4.20. The van der Waals surface area contributed by atoms with Gasteiger partial charge in [-0.3, -0.25) is 0 Å². The number of nitrogens with one attached hydrogen (secondary N) is 1. The number of anilines is 1. The van der Waals surface area contributed by atoms with E-state index in [1.807, 2.05) is 13.0 Å². The minimum Gasteiger partial charge on any atom is -0.370 e. The van der Waals surface area contributed by atoms with Gasteiger partial charge in [-0.25, -0.2) is 13.4 Å². The summed E-state index contributed by atoms with van der Waals surface area (Å²) in [6.45, 7) is 3.01. The average Bonchev–Trinajstić information content (AvgIpc) is 2.42. The number of rotatable bonds is 7. The number of hydrogen-bond donors (Lipinski definition) is 1. The second kappa shape index (κ2) is 7.07. The molecule has 1 rings (SSSR count). The Bertz CT molecular complexity index is 534. The monoisotopic (exact) mass is 282 g/mol. The zero-order chi connectivity index (χ0) is 14.3. The molecule has 7 heteroatoms. The third-order valence-corrected chi connectivity index (χ3v) is 4.38. The molecular weight excluding hydrogens is 264 g/mol. The van der Waals surface area contributed by atoms with E-state index in [9.17, 15) is 8.42 Å². The molecule has 1 aromatic rings. The lowest BCUT2D eigenvalue weighted by Crippen LogP contribution is -2.27. The van der Waals surface area contributed by atoms with E-state index in [1.165, 1.54) is 19.3 Å². The smallest absolute Gasteiger partial charge is 0.244 e. The highest BCUT2D eigenvalue weighted by Crippen LogP contribution is 2.15. The molecular formula is C12H18N4O2S. The lowest BCUT2D eigenvalue weighted by Gasteiger charge is -2.15. The molecule has 0 saturated heterocycles. The molecule has 1 aromatic heterocycles. The van der Waals surface area contributed by atoms with Crippen LogP contribution in [0.2, 0.25) is 0 Å². The highest BCUT2D eigenvalue weighted by molar-refractivity contribution is 7.89. The Hall–Kier alpha value is -1.65. The van der Waals surface area contributed by atoms with Gasteiger partial charge in [-0.2, -0.15) is 9.57 Å². The van der Waals surface area contributed by atoms with Crippen molar-refractivity contribution >= 4 is 15.8 Å². The van der Waals surface area contributed by atoms with Crippen LogP contribution in [0.15, 0.2) is 23.2 Å². The van der Waals surface area contributed by atoms with E-state index < -0.39 is 10.0 Å². The Morgan fingerprint density at radius 3 is 2.74 bits per heavy atom. The van der Waals surface area contributed by atoms with E-state index in [1.54, 1.807) is 6.07 Å². The SMILES string of the molecule is CCCNc1ccc(S(=O)(=O)N(C)CCC#N)cn1. The number of hydrogen-bond acceptors (Lipinski definition) is 5. The molecule has 0 radical (unpaired) electrons. The van der Waals surface area contributed by atoms with Crippen molar-refractivity contribution in [2.75, 3.05) is 25.5 Å². The van der Waals surface area contributed by atoms with Crippen LogP contribution in [0.4, 0.5) is 5.82 Å². The van der Waals surface area contributed by atoms with E-state index in [4.69, 9.17) is 5.26 Å². The maximum Gasteiger partial charge on any atom is 0.244 e. The van der Waals surface area contributed by atoms with Gasteiger partial charge in [0.15, 0.2) is 0 Å². The van der Waals surface area contributed by atoms with Crippen molar-refractivity contribution in [1.82, 2.24) is 9.29 Å². The molecule has 0 amide bonds. The van der Waals surface area contributed by atoms with E-state index >= 15 is 0 Å². The molecule has 104 valence electrons. The summed E-state index contributed by atoms with van der Waals surface area (Å²) >= 11 is 0. The van der Waals surface area contributed by atoms with Gasteiger partial charge >= 0.3 is 0 Å². The zero-order valence-corrected chi connectivity index (χ0v) is 11.9. The number of sulfonamides is 1. The highest BCUT2D eigenvalue weighted by atomic mass is 32.2. The van der Waals surface area contributed by atoms with Gasteiger partial charge in [-0.15, -0.1) is 0 Å². The summed E-state index contributed by atoms with van der Waals surface area (Å²) in [5, 5.41) is 11.6. The summed E-state index contributed by atoms with van der Waals surface area (Å²) in [5.74, 6) is 0.653. The molecule has 0 aliphatic carbocycles. The normalized spacial score (nSPS) is 11.3. The van der Waals surface area contributed by atoms with Crippen LogP contribution in [-0.2, 0) is 10.0 Å². The minimum absolute atomic E-state index is 0.134. The van der Waals surface area contributed by atoms with Gasteiger partial charge in [0.1, 0.15) is 10.7 Å². The van der Waals surface area contributed by atoms with Crippen LogP contribution in [0.1, 0.15) is 19.8 Å². The van der Waals surface area contributed by atoms with E-state index in [0.717, 1.165) is 17.3 Å². The van der Waals surface area contributed by atoms with Crippen LogP contribution in [0.5, 0.6) is 0 Å². The molecule has 0 fully saturated rings. The Morgan fingerprint density at radius 2 is 2.21 bits per heavy atom. The fourth-order valence-corrected chi connectivity index (χ4v) is 2.52. The van der Waals surface area contributed by atoms with Crippen molar-refractivity contribution in [3.8, 4) is 6.07 Å². The topological polar surface area (TPSA) is 86.1 Å². The first-order valence-electron chi connectivity index (χ1n) is 6.05.